The number of anilines is 1. The Hall–Kier alpha value is -2.68. The van der Waals surface area contributed by atoms with Gasteiger partial charge in [0.1, 0.15) is 5.75 Å². The van der Waals surface area contributed by atoms with Gasteiger partial charge in [-0.3, -0.25) is 0 Å². The molecule has 0 saturated heterocycles. The molecule has 2 aromatic rings. The van der Waals surface area contributed by atoms with Crippen LogP contribution < -0.4 is 10.5 Å². The van der Waals surface area contributed by atoms with Crippen molar-refractivity contribution in [1.29, 1.82) is 5.26 Å². The minimum absolute atomic E-state index is 0.126. The van der Waals surface area contributed by atoms with E-state index in [9.17, 15) is 13.2 Å². The van der Waals surface area contributed by atoms with Crippen LogP contribution in [0.5, 0.6) is 11.5 Å². The van der Waals surface area contributed by atoms with E-state index in [4.69, 9.17) is 15.7 Å². The first kappa shape index (κ1) is 14.7. The number of nitrogen functional groups attached to an aromatic ring is 1. The molecule has 0 aliphatic carbocycles. The number of aryl methyl sites for hydroxylation is 1. The van der Waals surface area contributed by atoms with Crippen LogP contribution in [0.25, 0.3) is 0 Å². The zero-order valence-electron chi connectivity index (χ0n) is 11.0. The molecule has 0 atom stereocenters. The second-order valence-corrected chi connectivity index (χ2v) is 4.41. The maximum atomic E-state index is 12.7. The van der Waals surface area contributed by atoms with Crippen molar-refractivity contribution in [3.63, 3.8) is 0 Å². The van der Waals surface area contributed by atoms with Gasteiger partial charge in [0.2, 0.25) is 0 Å². The molecular weight excluding hydrogens is 281 g/mol. The van der Waals surface area contributed by atoms with Crippen LogP contribution in [0.3, 0.4) is 0 Å². The maximum absolute atomic E-state index is 12.7. The summed E-state index contributed by atoms with van der Waals surface area (Å²) in [7, 11) is 0. The van der Waals surface area contributed by atoms with Gasteiger partial charge < -0.3 is 10.5 Å². The number of ether oxygens (including phenoxy) is 1. The predicted molar refractivity (Wildman–Crippen MR) is 71.8 cm³/mol. The van der Waals surface area contributed by atoms with E-state index in [0.717, 1.165) is 23.8 Å². The SMILES string of the molecule is Cc1cccc(N)c1Oc1ccc(C(F)(F)F)c(C#N)c1. The summed E-state index contributed by atoms with van der Waals surface area (Å²) in [5.74, 6) is 0.488. The lowest BCUT2D eigenvalue weighted by Crippen LogP contribution is -2.07. The molecule has 3 nitrogen and oxygen atoms in total. The number of nitriles is 1. The number of benzene rings is 2. The Balaban J connectivity index is 2.42. The van der Waals surface area contributed by atoms with E-state index in [2.05, 4.69) is 0 Å². The van der Waals surface area contributed by atoms with Crippen LogP contribution in [0.4, 0.5) is 18.9 Å². The molecule has 0 spiro atoms. The molecule has 0 aliphatic rings. The molecule has 0 aliphatic heterocycles. The zero-order valence-corrected chi connectivity index (χ0v) is 11.0. The molecule has 0 radical (unpaired) electrons. The van der Waals surface area contributed by atoms with Crippen molar-refractivity contribution in [2.24, 2.45) is 0 Å². The summed E-state index contributed by atoms with van der Waals surface area (Å²) >= 11 is 0. The zero-order chi connectivity index (χ0) is 15.6. The Morgan fingerprint density at radius 3 is 2.48 bits per heavy atom. The summed E-state index contributed by atoms with van der Waals surface area (Å²) < 4.78 is 43.6. The van der Waals surface area contributed by atoms with E-state index >= 15 is 0 Å². The van der Waals surface area contributed by atoms with E-state index in [0.29, 0.717) is 11.4 Å². The lowest BCUT2D eigenvalue weighted by molar-refractivity contribution is -0.137. The van der Waals surface area contributed by atoms with E-state index in [-0.39, 0.29) is 5.75 Å². The largest absolute Gasteiger partial charge is 0.455 e. The number of hydrogen-bond acceptors (Lipinski definition) is 3. The fraction of sp³-hybridized carbons (Fsp3) is 0.133. The summed E-state index contributed by atoms with van der Waals surface area (Å²) in [4.78, 5) is 0. The molecule has 0 heterocycles. The summed E-state index contributed by atoms with van der Waals surface area (Å²) in [5.41, 5.74) is 5.40. The van der Waals surface area contributed by atoms with Gasteiger partial charge in [-0.2, -0.15) is 18.4 Å². The number of rotatable bonds is 2. The Morgan fingerprint density at radius 1 is 1.19 bits per heavy atom. The van der Waals surface area contributed by atoms with Gasteiger partial charge in [0.15, 0.2) is 5.75 Å². The standard InChI is InChI=1S/C15H11F3N2O/c1-9-3-2-4-13(20)14(9)21-11-5-6-12(15(16,17)18)10(7-11)8-19/h2-7H,20H2,1H3. The Bertz CT molecular complexity index is 698. The molecule has 0 aromatic heterocycles. The predicted octanol–water partition coefficient (Wildman–Crippen LogP) is 4.26. The summed E-state index contributed by atoms with van der Waals surface area (Å²) in [6, 6.07) is 9.69. The van der Waals surface area contributed by atoms with Crippen LogP contribution in [0, 0.1) is 18.3 Å². The molecule has 108 valence electrons. The Labute approximate surface area is 119 Å². The van der Waals surface area contributed by atoms with Crippen LogP contribution in [0.2, 0.25) is 0 Å². The number of para-hydroxylation sites is 1. The fourth-order valence-electron chi connectivity index (χ4n) is 1.86. The van der Waals surface area contributed by atoms with Crippen molar-refractivity contribution in [3.05, 3.63) is 53.1 Å². The number of hydrogen-bond donors (Lipinski definition) is 1. The van der Waals surface area contributed by atoms with Crippen LogP contribution in [-0.2, 0) is 6.18 Å². The lowest BCUT2D eigenvalue weighted by Gasteiger charge is -2.13. The summed E-state index contributed by atoms with van der Waals surface area (Å²) in [6.45, 7) is 1.76. The second kappa shape index (κ2) is 5.37. The van der Waals surface area contributed by atoms with Crippen molar-refractivity contribution in [2.45, 2.75) is 13.1 Å². The quantitative estimate of drug-likeness (QED) is 0.841. The van der Waals surface area contributed by atoms with Crippen LogP contribution in [0.15, 0.2) is 36.4 Å². The van der Waals surface area contributed by atoms with E-state index in [1.165, 1.54) is 6.07 Å². The lowest BCUT2D eigenvalue weighted by atomic mass is 10.1. The molecule has 0 saturated carbocycles. The van der Waals surface area contributed by atoms with E-state index in [1.54, 1.807) is 25.1 Å². The highest BCUT2D eigenvalue weighted by molar-refractivity contribution is 5.58. The van der Waals surface area contributed by atoms with Crippen molar-refractivity contribution >= 4 is 5.69 Å². The van der Waals surface area contributed by atoms with Crippen LogP contribution in [-0.4, -0.2) is 0 Å². The first-order chi connectivity index (χ1) is 9.82. The monoisotopic (exact) mass is 292 g/mol. The highest BCUT2D eigenvalue weighted by Gasteiger charge is 2.33. The summed E-state index contributed by atoms with van der Waals surface area (Å²) in [5, 5.41) is 8.85. The van der Waals surface area contributed by atoms with Gasteiger partial charge in [0.25, 0.3) is 0 Å². The second-order valence-electron chi connectivity index (χ2n) is 4.41. The van der Waals surface area contributed by atoms with Crippen LogP contribution in [0.1, 0.15) is 16.7 Å². The molecule has 6 heteroatoms. The molecule has 0 bridgehead atoms. The van der Waals surface area contributed by atoms with Gasteiger partial charge in [-0.15, -0.1) is 0 Å². The molecule has 0 amide bonds. The molecule has 2 aromatic carbocycles. The highest BCUT2D eigenvalue weighted by Crippen LogP contribution is 2.36. The topological polar surface area (TPSA) is 59.0 Å². The first-order valence-corrected chi connectivity index (χ1v) is 5.97. The van der Waals surface area contributed by atoms with E-state index in [1.807, 2.05) is 0 Å². The average molecular weight is 292 g/mol. The van der Waals surface area contributed by atoms with Crippen molar-refractivity contribution in [1.82, 2.24) is 0 Å². The minimum Gasteiger partial charge on any atom is -0.455 e. The van der Waals surface area contributed by atoms with Gasteiger partial charge in [0.05, 0.1) is 22.9 Å². The first-order valence-electron chi connectivity index (χ1n) is 5.97. The maximum Gasteiger partial charge on any atom is 0.417 e. The van der Waals surface area contributed by atoms with Gasteiger partial charge >= 0.3 is 6.18 Å². The molecule has 0 unspecified atom stereocenters. The average Bonchev–Trinajstić information content (AvgIpc) is 2.41. The molecular formula is C15H11F3N2O. The van der Waals surface area contributed by atoms with Crippen molar-refractivity contribution < 1.29 is 17.9 Å². The van der Waals surface area contributed by atoms with Gasteiger partial charge in [-0.1, -0.05) is 12.1 Å². The van der Waals surface area contributed by atoms with Crippen molar-refractivity contribution in [2.75, 3.05) is 5.73 Å². The number of halogens is 3. The smallest absolute Gasteiger partial charge is 0.417 e. The molecule has 2 rings (SSSR count). The molecule has 2 N–H and O–H groups in total. The third-order valence-corrected chi connectivity index (χ3v) is 2.88. The fourth-order valence-corrected chi connectivity index (χ4v) is 1.86. The Kier molecular flexibility index (Phi) is 3.76. The van der Waals surface area contributed by atoms with Crippen molar-refractivity contribution in [3.8, 4) is 17.6 Å². The van der Waals surface area contributed by atoms with Gasteiger partial charge in [-0.05, 0) is 36.8 Å². The highest BCUT2D eigenvalue weighted by atomic mass is 19.4. The van der Waals surface area contributed by atoms with Gasteiger partial charge in [-0.25, -0.2) is 0 Å². The van der Waals surface area contributed by atoms with Gasteiger partial charge in [0, 0.05) is 0 Å². The minimum atomic E-state index is -4.58. The number of nitrogens with zero attached hydrogens (tertiary/aromatic N) is 1. The van der Waals surface area contributed by atoms with Crippen LogP contribution >= 0.6 is 0 Å². The van der Waals surface area contributed by atoms with E-state index < -0.39 is 17.3 Å². The number of nitrogens with two attached hydrogens (primary N) is 1. The summed E-state index contributed by atoms with van der Waals surface area (Å²) in [6.07, 6.45) is -4.58. The normalized spacial score (nSPS) is 11.0. The third kappa shape index (κ3) is 3.08. The Morgan fingerprint density at radius 2 is 1.90 bits per heavy atom. The molecule has 0 fully saturated rings. The third-order valence-electron chi connectivity index (χ3n) is 2.88. The number of alkyl halides is 3. The molecule has 21 heavy (non-hydrogen) atoms.